The van der Waals surface area contributed by atoms with Crippen LogP contribution >= 0.6 is 11.8 Å². The van der Waals surface area contributed by atoms with E-state index >= 15 is 0 Å². The Bertz CT molecular complexity index is 487. The molecule has 3 N–H and O–H groups in total. The molecule has 2 heterocycles. The number of nitrogens with zero attached hydrogens (tertiary/aromatic N) is 2. The average molecular weight is 373 g/mol. The average Bonchev–Trinajstić information content (AvgIpc) is 3.11. The SMILES string of the molecule is CCNC(=NCC1(O)CCSC1)N1CCC(NC(=O)OC(C)(C)C)C1. The van der Waals surface area contributed by atoms with Crippen LogP contribution in [0.5, 0.6) is 0 Å². The van der Waals surface area contributed by atoms with Gasteiger partial charge in [0.1, 0.15) is 5.60 Å². The van der Waals surface area contributed by atoms with Crippen molar-refractivity contribution < 1.29 is 14.6 Å². The van der Waals surface area contributed by atoms with Crippen molar-refractivity contribution in [3.8, 4) is 0 Å². The Morgan fingerprint density at radius 1 is 1.48 bits per heavy atom. The molecule has 2 rings (SSSR count). The Labute approximate surface area is 155 Å². The monoisotopic (exact) mass is 372 g/mol. The lowest BCUT2D eigenvalue weighted by Gasteiger charge is -2.25. The molecule has 8 heteroatoms. The van der Waals surface area contributed by atoms with Crippen LogP contribution in [0.15, 0.2) is 4.99 Å². The molecule has 0 aromatic carbocycles. The predicted molar refractivity (Wildman–Crippen MR) is 102 cm³/mol. The molecule has 0 radical (unpaired) electrons. The number of aliphatic imine (C=N–C) groups is 1. The Balaban J connectivity index is 1.88. The number of ether oxygens (including phenoxy) is 1. The first-order valence-electron chi connectivity index (χ1n) is 9.04. The van der Waals surface area contributed by atoms with Crippen LogP contribution in [0.2, 0.25) is 0 Å². The summed E-state index contributed by atoms with van der Waals surface area (Å²) in [5, 5.41) is 16.7. The summed E-state index contributed by atoms with van der Waals surface area (Å²) in [6.45, 7) is 10.3. The molecule has 2 aliphatic rings. The molecular weight excluding hydrogens is 340 g/mol. The molecule has 0 aliphatic carbocycles. The molecule has 0 aromatic heterocycles. The van der Waals surface area contributed by atoms with Gasteiger partial charge in [0.25, 0.3) is 0 Å². The zero-order valence-electron chi connectivity index (χ0n) is 15.8. The van der Waals surface area contributed by atoms with Crippen molar-refractivity contribution in [1.29, 1.82) is 0 Å². The van der Waals surface area contributed by atoms with Gasteiger partial charge < -0.3 is 25.4 Å². The maximum atomic E-state index is 11.9. The maximum Gasteiger partial charge on any atom is 0.407 e. The molecule has 25 heavy (non-hydrogen) atoms. The number of aliphatic hydroxyl groups is 1. The number of alkyl carbamates (subject to hydrolysis) is 1. The fraction of sp³-hybridized carbons (Fsp3) is 0.882. The fourth-order valence-electron chi connectivity index (χ4n) is 2.91. The van der Waals surface area contributed by atoms with Gasteiger partial charge in [0, 0.05) is 25.4 Å². The second-order valence-corrected chi connectivity index (χ2v) is 8.88. The topological polar surface area (TPSA) is 86.2 Å². The van der Waals surface area contributed by atoms with Crippen LogP contribution in [0.25, 0.3) is 0 Å². The summed E-state index contributed by atoms with van der Waals surface area (Å²) in [6.07, 6.45) is 1.27. The highest BCUT2D eigenvalue weighted by Crippen LogP contribution is 2.28. The first-order valence-corrected chi connectivity index (χ1v) is 10.2. The fourth-order valence-corrected chi connectivity index (χ4v) is 4.20. The molecule has 0 spiro atoms. The van der Waals surface area contributed by atoms with E-state index < -0.39 is 11.2 Å². The molecule has 0 aromatic rings. The molecule has 2 aliphatic heterocycles. The summed E-state index contributed by atoms with van der Waals surface area (Å²) in [5.74, 6) is 2.55. The van der Waals surface area contributed by atoms with E-state index in [1.807, 2.05) is 27.7 Å². The van der Waals surface area contributed by atoms with Crippen LogP contribution in [0.4, 0.5) is 4.79 Å². The van der Waals surface area contributed by atoms with Gasteiger partial charge in [-0.2, -0.15) is 11.8 Å². The first-order chi connectivity index (χ1) is 11.7. The smallest absolute Gasteiger partial charge is 0.407 e. The molecule has 144 valence electrons. The summed E-state index contributed by atoms with van der Waals surface area (Å²) in [4.78, 5) is 18.7. The number of thioether (sulfide) groups is 1. The molecule has 0 saturated carbocycles. The van der Waals surface area contributed by atoms with Crippen molar-refractivity contribution in [3.63, 3.8) is 0 Å². The molecule has 2 fully saturated rings. The molecular formula is C17H32N4O3S. The van der Waals surface area contributed by atoms with Crippen LogP contribution < -0.4 is 10.6 Å². The number of guanidine groups is 1. The minimum Gasteiger partial charge on any atom is -0.444 e. The predicted octanol–water partition coefficient (Wildman–Crippen LogP) is 1.42. The quantitative estimate of drug-likeness (QED) is 0.511. The van der Waals surface area contributed by atoms with E-state index in [9.17, 15) is 9.90 Å². The van der Waals surface area contributed by atoms with Gasteiger partial charge in [-0.25, -0.2) is 4.79 Å². The van der Waals surface area contributed by atoms with Crippen LogP contribution in [0.3, 0.4) is 0 Å². The van der Waals surface area contributed by atoms with Crippen molar-refractivity contribution >= 4 is 23.8 Å². The van der Waals surface area contributed by atoms with E-state index in [0.717, 1.165) is 43.4 Å². The third kappa shape index (κ3) is 6.58. The summed E-state index contributed by atoms with van der Waals surface area (Å²) >= 11 is 1.78. The first kappa shape index (κ1) is 20.2. The maximum absolute atomic E-state index is 11.9. The molecule has 0 bridgehead atoms. The Hall–Kier alpha value is -1.15. The third-order valence-electron chi connectivity index (χ3n) is 4.15. The van der Waals surface area contributed by atoms with E-state index in [1.54, 1.807) is 11.8 Å². The number of amides is 1. The second kappa shape index (κ2) is 8.49. The number of likely N-dealkylation sites (tertiary alicyclic amines) is 1. The minimum atomic E-state index is -0.681. The summed E-state index contributed by atoms with van der Waals surface area (Å²) in [6, 6.07) is 0.0452. The lowest BCUT2D eigenvalue weighted by molar-refractivity contribution is 0.0507. The summed E-state index contributed by atoms with van der Waals surface area (Å²) in [5.41, 5.74) is -1.17. The van der Waals surface area contributed by atoms with Gasteiger partial charge in [0.15, 0.2) is 5.96 Å². The Morgan fingerprint density at radius 3 is 2.84 bits per heavy atom. The lowest BCUT2D eigenvalue weighted by Crippen LogP contribution is -2.45. The summed E-state index contributed by atoms with van der Waals surface area (Å²) in [7, 11) is 0. The van der Waals surface area contributed by atoms with Crippen molar-refractivity contribution in [2.45, 2.75) is 57.8 Å². The zero-order valence-corrected chi connectivity index (χ0v) is 16.6. The highest BCUT2D eigenvalue weighted by molar-refractivity contribution is 7.99. The molecule has 2 unspecified atom stereocenters. The number of carbonyl (C=O) groups excluding carboxylic acids is 1. The van der Waals surface area contributed by atoms with Gasteiger partial charge >= 0.3 is 6.09 Å². The minimum absolute atomic E-state index is 0.0452. The highest BCUT2D eigenvalue weighted by Gasteiger charge is 2.33. The Kier molecular flexibility index (Phi) is 6.85. The number of nitrogens with one attached hydrogen (secondary N) is 2. The van der Waals surface area contributed by atoms with Gasteiger partial charge in [-0.05, 0) is 46.3 Å². The van der Waals surface area contributed by atoms with Crippen LogP contribution in [-0.2, 0) is 4.74 Å². The van der Waals surface area contributed by atoms with Crippen LogP contribution in [0.1, 0.15) is 40.5 Å². The van der Waals surface area contributed by atoms with Crippen LogP contribution in [-0.4, -0.2) is 77.0 Å². The lowest BCUT2D eigenvalue weighted by atomic mass is 10.1. The number of rotatable bonds is 4. The van der Waals surface area contributed by atoms with Gasteiger partial charge in [0.05, 0.1) is 18.2 Å². The molecule has 1 amide bonds. The third-order valence-corrected chi connectivity index (χ3v) is 5.38. The van der Waals surface area contributed by atoms with Crippen molar-refractivity contribution in [2.24, 2.45) is 4.99 Å². The number of hydrogen-bond acceptors (Lipinski definition) is 5. The molecule has 7 nitrogen and oxygen atoms in total. The zero-order chi connectivity index (χ0) is 18.5. The largest absolute Gasteiger partial charge is 0.444 e. The number of hydrogen-bond donors (Lipinski definition) is 3. The van der Waals surface area contributed by atoms with E-state index in [4.69, 9.17) is 4.74 Å². The van der Waals surface area contributed by atoms with Gasteiger partial charge in [-0.3, -0.25) is 4.99 Å². The standard InChI is InChI=1S/C17H32N4O3S/c1-5-18-14(19-11-17(23)7-9-25-12-17)21-8-6-13(10-21)20-15(22)24-16(2,3)4/h13,23H,5-12H2,1-4H3,(H,18,19)(H,20,22). The van der Waals surface area contributed by atoms with Crippen molar-refractivity contribution in [1.82, 2.24) is 15.5 Å². The number of carbonyl (C=O) groups is 1. The van der Waals surface area contributed by atoms with E-state index in [-0.39, 0.29) is 12.1 Å². The van der Waals surface area contributed by atoms with Gasteiger partial charge in [-0.15, -0.1) is 0 Å². The van der Waals surface area contributed by atoms with Crippen molar-refractivity contribution in [2.75, 3.05) is 37.7 Å². The van der Waals surface area contributed by atoms with Crippen LogP contribution in [0, 0.1) is 0 Å². The summed E-state index contributed by atoms with van der Waals surface area (Å²) < 4.78 is 5.32. The van der Waals surface area contributed by atoms with Gasteiger partial charge in [-0.1, -0.05) is 0 Å². The normalized spacial score (nSPS) is 27.5. The Morgan fingerprint density at radius 2 is 2.24 bits per heavy atom. The highest BCUT2D eigenvalue weighted by atomic mass is 32.2. The molecule has 2 saturated heterocycles. The molecule has 2 atom stereocenters. The second-order valence-electron chi connectivity index (χ2n) is 7.77. The van der Waals surface area contributed by atoms with Gasteiger partial charge in [0.2, 0.25) is 0 Å². The van der Waals surface area contributed by atoms with E-state index in [0.29, 0.717) is 13.1 Å². The van der Waals surface area contributed by atoms with E-state index in [1.165, 1.54) is 0 Å². The van der Waals surface area contributed by atoms with Crippen molar-refractivity contribution in [3.05, 3.63) is 0 Å². The van der Waals surface area contributed by atoms with E-state index in [2.05, 4.69) is 20.5 Å².